The van der Waals surface area contributed by atoms with Crippen molar-refractivity contribution in [3.05, 3.63) is 214 Å². The summed E-state index contributed by atoms with van der Waals surface area (Å²) in [5.41, 5.74) is 15.0. The maximum Gasteiger partial charge on any atom is 0.0648 e. The second-order valence-corrected chi connectivity index (χ2v) is 12.0. The standard InChI is InChI=1S/C44H30/c1-4-16-31(17-5-1)28-40-34-22-10-13-25-37(34)43-38-26-14-11-23-35(38)41(29-32-18-6-2-7-19-32)44(40,43)42(30-33-20-8-3-9-21-33)36-24-12-15-27-39(36)43/h1-30H/b40-28-,41-29+,42-30+. The number of hydrogen-bond donors (Lipinski definition) is 0. The molecule has 0 nitrogen and oxygen atoms in total. The monoisotopic (exact) mass is 558 g/mol. The topological polar surface area (TPSA) is 0 Å². The zero-order valence-electron chi connectivity index (χ0n) is 24.3. The van der Waals surface area contributed by atoms with Gasteiger partial charge >= 0.3 is 0 Å². The summed E-state index contributed by atoms with van der Waals surface area (Å²) in [6.45, 7) is 0. The zero-order valence-corrected chi connectivity index (χ0v) is 24.3. The van der Waals surface area contributed by atoms with Gasteiger partial charge in [-0.25, -0.2) is 0 Å². The van der Waals surface area contributed by atoms with Gasteiger partial charge in [-0.05, 0) is 85.0 Å². The van der Waals surface area contributed by atoms with Crippen molar-refractivity contribution in [1.29, 1.82) is 0 Å². The molecule has 0 heteroatoms. The van der Waals surface area contributed by atoms with Crippen LogP contribution >= 0.6 is 0 Å². The molecule has 0 saturated carbocycles. The van der Waals surface area contributed by atoms with Crippen LogP contribution in [0.15, 0.2) is 164 Å². The van der Waals surface area contributed by atoms with Crippen molar-refractivity contribution >= 4 is 34.9 Å². The maximum atomic E-state index is 2.47. The van der Waals surface area contributed by atoms with E-state index >= 15 is 0 Å². The highest BCUT2D eigenvalue weighted by Crippen LogP contribution is 2.81. The SMILES string of the molecule is C(=C1\c2ccccc2C23c4ccccc4/C(=C\c4ccccc4)C12/C(=C/c1ccccc1)c1ccccc13)/c1ccccc1. The Bertz CT molecular complexity index is 1900. The molecule has 0 fully saturated rings. The smallest absolute Gasteiger partial charge is 0.0622 e. The van der Waals surface area contributed by atoms with E-state index in [0.717, 1.165) is 0 Å². The molecule has 0 saturated heterocycles. The summed E-state index contributed by atoms with van der Waals surface area (Å²) in [5.74, 6) is 0. The number of benzene rings is 6. The Morgan fingerprint density at radius 2 is 0.545 bits per heavy atom. The van der Waals surface area contributed by atoms with E-state index in [-0.39, 0.29) is 0 Å². The summed E-state index contributed by atoms with van der Waals surface area (Å²) in [4.78, 5) is 0. The minimum Gasteiger partial charge on any atom is -0.0622 e. The summed E-state index contributed by atoms with van der Waals surface area (Å²) >= 11 is 0. The molecule has 0 bridgehead atoms. The molecule has 3 aliphatic carbocycles. The van der Waals surface area contributed by atoms with E-state index in [4.69, 9.17) is 0 Å². The first-order valence-electron chi connectivity index (χ1n) is 15.4. The van der Waals surface area contributed by atoms with Gasteiger partial charge in [0.15, 0.2) is 0 Å². The molecule has 0 amide bonds. The Labute approximate surface area is 259 Å². The molecular formula is C44H30. The Balaban J connectivity index is 1.53. The molecule has 3 aliphatic rings. The fourth-order valence-electron chi connectivity index (χ4n) is 8.53. The van der Waals surface area contributed by atoms with Gasteiger partial charge in [0.1, 0.15) is 0 Å². The number of hydrogen-bond acceptors (Lipinski definition) is 0. The molecule has 9 rings (SSSR count). The van der Waals surface area contributed by atoms with E-state index in [9.17, 15) is 0 Å². The second kappa shape index (κ2) is 9.53. The van der Waals surface area contributed by atoms with Gasteiger partial charge in [0.25, 0.3) is 0 Å². The van der Waals surface area contributed by atoms with Crippen molar-refractivity contribution in [2.24, 2.45) is 5.41 Å². The van der Waals surface area contributed by atoms with Crippen molar-refractivity contribution < 1.29 is 0 Å². The molecule has 0 heterocycles. The third-order valence-corrected chi connectivity index (χ3v) is 9.97. The van der Waals surface area contributed by atoms with Gasteiger partial charge in [0, 0.05) is 0 Å². The maximum absolute atomic E-state index is 2.47. The van der Waals surface area contributed by atoms with E-state index in [1.54, 1.807) is 0 Å². The van der Waals surface area contributed by atoms with Crippen molar-refractivity contribution in [3.8, 4) is 0 Å². The number of rotatable bonds is 3. The first-order valence-corrected chi connectivity index (χ1v) is 15.4. The normalized spacial score (nSPS) is 23.3. The second-order valence-electron chi connectivity index (χ2n) is 12.0. The molecule has 0 unspecified atom stereocenters. The van der Waals surface area contributed by atoms with Gasteiger partial charge in [0.05, 0.1) is 10.8 Å². The highest BCUT2D eigenvalue weighted by Gasteiger charge is 2.73. The molecule has 0 N–H and O–H groups in total. The lowest BCUT2D eigenvalue weighted by atomic mass is 9.59. The Morgan fingerprint density at radius 1 is 0.273 bits per heavy atom. The highest BCUT2D eigenvalue weighted by atomic mass is 14.7. The first-order chi connectivity index (χ1) is 21.8. The summed E-state index contributed by atoms with van der Waals surface area (Å²) in [6, 6.07) is 60.1. The molecule has 0 atom stereocenters. The van der Waals surface area contributed by atoms with Gasteiger partial charge in [0.2, 0.25) is 0 Å². The van der Waals surface area contributed by atoms with Gasteiger partial charge in [-0.15, -0.1) is 0 Å². The van der Waals surface area contributed by atoms with Crippen LogP contribution in [-0.4, -0.2) is 0 Å². The van der Waals surface area contributed by atoms with Gasteiger partial charge in [-0.3, -0.25) is 0 Å². The van der Waals surface area contributed by atoms with E-state index in [1.807, 2.05) is 0 Å². The molecular weight excluding hydrogens is 528 g/mol. The van der Waals surface area contributed by atoms with E-state index < -0.39 is 10.8 Å². The quantitative estimate of drug-likeness (QED) is 0.203. The van der Waals surface area contributed by atoms with Crippen molar-refractivity contribution in [2.75, 3.05) is 0 Å². The fourth-order valence-corrected chi connectivity index (χ4v) is 8.53. The fraction of sp³-hybridized carbons (Fsp3) is 0.0455. The average Bonchev–Trinajstić information content (AvgIpc) is 3.60. The average molecular weight is 559 g/mol. The zero-order chi connectivity index (χ0) is 29.1. The lowest BCUT2D eigenvalue weighted by Gasteiger charge is -2.40. The van der Waals surface area contributed by atoms with Crippen LogP contribution in [0.3, 0.4) is 0 Å². The number of fused-ring (bicyclic) bond motifs is 3. The molecule has 44 heavy (non-hydrogen) atoms. The first kappa shape index (κ1) is 25.1. The lowest BCUT2D eigenvalue weighted by Crippen LogP contribution is -2.36. The van der Waals surface area contributed by atoms with Crippen LogP contribution in [0.5, 0.6) is 0 Å². The summed E-state index contributed by atoms with van der Waals surface area (Å²) in [6.07, 6.45) is 7.40. The summed E-state index contributed by atoms with van der Waals surface area (Å²) in [5, 5.41) is 0. The molecule has 0 radical (unpaired) electrons. The van der Waals surface area contributed by atoms with Crippen LogP contribution in [0.4, 0.5) is 0 Å². The van der Waals surface area contributed by atoms with Crippen LogP contribution in [0.1, 0.15) is 50.1 Å². The highest BCUT2D eigenvalue weighted by molar-refractivity contribution is 6.21. The molecule has 206 valence electrons. The van der Waals surface area contributed by atoms with E-state index in [1.165, 1.54) is 66.8 Å². The van der Waals surface area contributed by atoms with Gasteiger partial charge in [-0.2, -0.15) is 0 Å². The Kier molecular flexibility index (Phi) is 5.43. The minimum absolute atomic E-state index is 0.404. The van der Waals surface area contributed by atoms with E-state index in [2.05, 4.69) is 182 Å². The van der Waals surface area contributed by atoms with Crippen molar-refractivity contribution in [1.82, 2.24) is 0 Å². The third-order valence-electron chi connectivity index (χ3n) is 9.97. The van der Waals surface area contributed by atoms with E-state index in [0.29, 0.717) is 0 Å². The van der Waals surface area contributed by atoms with Crippen LogP contribution < -0.4 is 0 Å². The lowest BCUT2D eigenvalue weighted by molar-refractivity contribution is 0.535. The molecule has 0 spiro atoms. The minimum atomic E-state index is -0.481. The predicted octanol–water partition coefficient (Wildman–Crippen LogP) is 10.7. The Morgan fingerprint density at radius 3 is 0.864 bits per heavy atom. The van der Waals surface area contributed by atoms with Gasteiger partial charge < -0.3 is 0 Å². The third kappa shape index (κ3) is 3.18. The number of allylic oxidation sites excluding steroid dienone is 3. The predicted molar refractivity (Wildman–Crippen MR) is 185 cm³/mol. The molecule has 0 aliphatic heterocycles. The largest absolute Gasteiger partial charge is 0.0648 e. The molecule has 0 aromatic heterocycles. The Hall–Kier alpha value is -5.46. The van der Waals surface area contributed by atoms with Crippen molar-refractivity contribution in [2.45, 2.75) is 5.41 Å². The van der Waals surface area contributed by atoms with Crippen LogP contribution in [-0.2, 0) is 5.41 Å². The molecule has 6 aromatic rings. The van der Waals surface area contributed by atoms with Crippen LogP contribution in [0, 0.1) is 5.41 Å². The van der Waals surface area contributed by atoms with Crippen LogP contribution in [0.2, 0.25) is 0 Å². The van der Waals surface area contributed by atoms with Crippen molar-refractivity contribution in [3.63, 3.8) is 0 Å². The summed E-state index contributed by atoms with van der Waals surface area (Å²) < 4.78 is 0. The van der Waals surface area contributed by atoms with Crippen LogP contribution in [0.25, 0.3) is 34.9 Å². The summed E-state index contributed by atoms with van der Waals surface area (Å²) in [7, 11) is 0. The molecule has 6 aromatic carbocycles. The van der Waals surface area contributed by atoms with Gasteiger partial charge in [-0.1, -0.05) is 164 Å².